The van der Waals surface area contributed by atoms with Crippen molar-refractivity contribution in [3.8, 4) is 5.75 Å². The van der Waals surface area contributed by atoms with Gasteiger partial charge in [0.1, 0.15) is 10.6 Å². The number of hydrogen-bond acceptors (Lipinski definition) is 4. The Morgan fingerprint density at radius 2 is 1.88 bits per heavy atom. The van der Waals surface area contributed by atoms with Gasteiger partial charge in [0, 0.05) is 25.2 Å². The van der Waals surface area contributed by atoms with E-state index in [1.165, 1.54) is 17.5 Å². The van der Waals surface area contributed by atoms with E-state index >= 15 is 0 Å². The summed E-state index contributed by atoms with van der Waals surface area (Å²) in [5.41, 5.74) is 1.16. The standard InChI is InChI=1S/C19H22N2O4S/c1-3-21(15-8-5-4-6-9-15)26(23,24)18-14-16(11-12-17(18)25-2)20-13-7-10-19(20)22/h4-6,8-9,11-12,14H,3,7,10,13H2,1-2H3. The number of nitrogens with zero attached hydrogens (tertiary/aromatic N) is 2. The van der Waals surface area contributed by atoms with Crippen molar-refractivity contribution in [3.63, 3.8) is 0 Å². The van der Waals surface area contributed by atoms with E-state index in [0.717, 1.165) is 6.42 Å². The lowest BCUT2D eigenvalue weighted by atomic mass is 10.3. The van der Waals surface area contributed by atoms with Crippen LogP contribution in [0, 0.1) is 0 Å². The highest BCUT2D eigenvalue weighted by Gasteiger charge is 2.29. The number of sulfonamides is 1. The summed E-state index contributed by atoms with van der Waals surface area (Å²) in [4.78, 5) is 13.7. The van der Waals surface area contributed by atoms with Crippen LogP contribution in [0.2, 0.25) is 0 Å². The van der Waals surface area contributed by atoms with Crippen LogP contribution >= 0.6 is 0 Å². The molecule has 1 saturated heterocycles. The number of methoxy groups -OCH3 is 1. The van der Waals surface area contributed by atoms with Crippen LogP contribution in [-0.2, 0) is 14.8 Å². The lowest BCUT2D eigenvalue weighted by Gasteiger charge is -2.25. The molecule has 0 radical (unpaired) electrons. The van der Waals surface area contributed by atoms with E-state index in [-0.39, 0.29) is 23.1 Å². The van der Waals surface area contributed by atoms with Gasteiger partial charge in [-0.2, -0.15) is 0 Å². The number of ether oxygens (including phenoxy) is 1. The second-order valence-electron chi connectivity index (χ2n) is 5.99. The summed E-state index contributed by atoms with van der Waals surface area (Å²) in [7, 11) is -2.41. The summed E-state index contributed by atoms with van der Waals surface area (Å²) < 4.78 is 33.3. The quantitative estimate of drug-likeness (QED) is 0.779. The predicted octanol–water partition coefficient (Wildman–Crippen LogP) is 3.04. The van der Waals surface area contributed by atoms with Gasteiger partial charge in [-0.05, 0) is 43.7 Å². The lowest BCUT2D eigenvalue weighted by molar-refractivity contribution is -0.117. The van der Waals surface area contributed by atoms with Crippen molar-refractivity contribution in [2.75, 3.05) is 29.4 Å². The number of anilines is 2. The molecule has 6 nitrogen and oxygen atoms in total. The molecule has 2 aromatic rings. The van der Waals surface area contributed by atoms with Crippen LogP contribution in [0.25, 0.3) is 0 Å². The maximum absolute atomic E-state index is 13.3. The predicted molar refractivity (Wildman–Crippen MR) is 101 cm³/mol. The second kappa shape index (κ2) is 7.37. The second-order valence-corrected chi connectivity index (χ2v) is 7.82. The summed E-state index contributed by atoms with van der Waals surface area (Å²) in [6.45, 7) is 2.66. The maximum atomic E-state index is 13.3. The van der Waals surface area contributed by atoms with Gasteiger partial charge in [-0.25, -0.2) is 8.42 Å². The fourth-order valence-corrected chi connectivity index (χ4v) is 4.81. The molecule has 0 N–H and O–H groups in total. The van der Waals surface area contributed by atoms with Crippen molar-refractivity contribution in [1.82, 2.24) is 0 Å². The Bertz CT molecular complexity index is 897. The molecule has 1 heterocycles. The van der Waals surface area contributed by atoms with Gasteiger partial charge in [-0.15, -0.1) is 0 Å². The number of rotatable bonds is 6. The Hall–Kier alpha value is -2.54. The average Bonchev–Trinajstić information content (AvgIpc) is 3.08. The summed E-state index contributed by atoms with van der Waals surface area (Å²) >= 11 is 0. The van der Waals surface area contributed by atoms with Gasteiger partial charge in [-0.1, -0.05) is 18.2 Å². The number of carbonyl (C=O) groups is 1. The Balaban J connectivity index is 2.09. The number of carbonyl (C=O) groups excluding carboxylic acids is 1. The SMILES string of the molecule is CCN(c1ccccc1)S(=O)(=O)c1cc(N2CCCC2=O)ccc1OC. The van der Waals surface area contributed by atoms with Crippen molar-refractivity contribution >= 4 is 27.3 Å². The topological polar surface area (TPSA) is 66.9 Å². The van der Waals surface area contributed by atoms with Gasteiger partial charge in [0.25, 0.3) is 10.0 Å². The first-order valence-electron chi connectivity index (χ1n) is 8.55. The number of para-hydroxylation sites is 1. The van der Waals surface area contributed by atoms with Crippen molar-refractivity contribution in [2.45, 2.75) is 24.7 Å². The summed E-state index contributed by atoms with van der Waals surface area (Å²) in [5.74, 6) is 0.267. The molecule has 0 spiro atoms. The van der Waals surface area contributed by atoms with E-state index in [9.17, 15) is 13.2 Å². The summed E-state index contributed by atoms with van der Waals surface area (Å²) in [6, 6.07) is 13.8. The van der Waals surface area contributed by atoms with Crippen LogP contribution < -0.4 is 13.9 Å². The largest absolute Gasteiger partial charge is 0.495 e. The molecule has 7 heteroatoms. The van der Waals surface area contributed by atoms with Crippen LogP contribution in [0.1, 0.15) is 19.8 Å². The van der Waals surface area contributed by atoms with E-state index in [0.29, 0.717) is 24.3 Å². The molecule has 138 valence electrons. The fourth-order valence-electron chi connectivity index (χ4n) is 3.16. The van der Waals surface area contributed by atoms with E-state index < -0.39 is 10.0 Å². The molecule has 1 aliphatic heterocycles. The zero-order chi connectivity index (χ0) is 18.7. The Morgan fingerprint density at radius 3 is 2.46 bits per heavy atom. The smallest absolute Gasteiger partial charge is 0.268 e. The fraction of sp³-hybridized carbons (Fsp3) is 0.316. The van der Waals surface area contributed by atoms with Crippen molar-refractivity contribution in [2.24, 2.45) is 0 Å². The van der Waals surface area contributed by atoms with Crippen LogP contribution in [-0.4, -0.2) is 34.5 Å². The molecular formula is C19H22N2O4S. The van der Waals surface area contributed by atoms with E-state index in [1.807, 2.05) is 6.07 Å². The minimum atomic E-state index is -3.85. The zero-order valence-corrected chi connectivity index (χ0v) is 15.7. The molecule has 0 unspecified atom stereocenters. The van der Waals surface area contributed by atoms with E-state index in [2.05, 4.69) is 0 Å². The first kappa shape index (κ1) is 18.3. The molecule has 26 heavy (non-hydrogen) atoms. The average molecular weight is 374 g/mol. The van der Waals surface area contributed by atoms with Crippen LogP contribution in [0.4, 0.5) is 11.4 Å². The number of hydrogen-bond donors (Lipinski definition) is 0. The Morgan fingerprint density at radius 1 is 1.15 bits per heavy atom. The third-order valence-corrected chi connectivity index (χ3v) is 6.36. The van der Waals surface area contributed by atoms with Gasteiger partial charge in [0.2, 0.25) is 5.91 Å². The first-order valence-corrected chi connectivity index (χ1v) is 9.99. The highest BCUT2D eigenvalue weighted by Crippen LogP contribution is 2.34. The normalized spacial score (nSPS) is 14.5. The van der Waals surface area contributed by atoms with Crippen molar-refractivity contribution in [1.29, 1.82) is 0 Å². The molecule has 0 bridgehead atoms. The molecule has 0 atom stereocenters. The highest BCUT2D eigenvalue weighted by atomic mass is 32.2. The summed E-state index contributed by atoms with van der Waals surface area (Å²) in [6.07, 6.45) is 1.26. The van der Waals surface area contributed by atoms with Gasteiger partial charge >= 0.3 is 0 Å². The number of benzene rings is 2. The molecule has 3 rings (SSSR count). The van der Waals surface area contributed by atoms with Crippen LogP contribution in [0.5, 0.6) is 5.75 Å². The monoisotopic (exact) mass is 374 g/mol. The van der Waals surface area contributed by atoms with E-state index in [1.54, 1.807) is 48.2 Å². The minimum Gasteiger partial charge on any atom is -0.495 e. The number of amides is 1. The molecule has 0 aliphatic carbocycles. The maximum Gasteiger partial charge on any atom is 0.268 e. The van der Waals surface area contributed by atoms with Gasteiger partial charge in [0.05, 0.1) is 12.8 Å². The third kappa shape index (κ3) is 3.26. The first-order chi connectivity index (χ1) is 12.5. The minimum absolute atomic E-state index is 0.00826. The van der Waals surface area contributed by atoms with Crippen LogP contribution in [0.15, 0.2) is 53.4 Å². The van der Waals surface area contributed by atoms with Gasteiger partial charge in [-0.3, -0.25) is 9.10 Å². The highest BCUT2D eigenvalue weighted by molar-refractivity contribution is 7.93. The zero-order valence-electron chi connectivity index (χ0n) is 14.9. The molecule has 0 aromatic heterocycles. The van der Waals surface area contributed by atoms with Crippen molar-refractivity contribution < 1.29 is 17.9 Å². The molecule has 0 saturated carbocycles. The molecule has 2 aromatic carbocycles. The van der Waals surface area contributed by atoms with Gasteiger partial charge in [0.15, 0.2) is 0 Å². The Labute approximate surface area is 154 Å². The van der Waals surface area contributed by atoms with E-state index in [4.69, 9.17) is 4.74 Å². The third-order valence-electron chi connectivity index (χ3n) is 4.43. The van der Waals surface area contributed by atoms with Crippen LogP contribution in [0.3, 0.4) is 0 Å². The molecule has 1 aliphatic rings. The lowest BCUT2D eigenvalue weighted by Crippen LogP contribution is -2.31. The summed E-state index contributed by atoms with van der Waals surface area (Å²) in [5, 5.41) is 0. The molecule has 1 amide bonds. The molecular weight excluding hydrogens is 352 g/mol. The molecule has 1 fully saturated rings. The Kier molecular flexibility index (Phi) is 5.18. The van der Waals surface area contributed by atoms with Crippen molar-refractivity contribution in [3.05, 3.63) is 48.5 Å². The van der Waals surface area contributed by atoms with Gasteiger partial charge < -0.3 is 9.64 Å².